The van der Waals surface area contributed by atoms with Crippen LogP contribution < -0.4 is 15.8 Å². The van der Waals surface area contributed by atoms with Gasteiger partial charge in [0.25, 0.3) is 20.2 Å². The SMILES string of the molecule is CS(=O)(=O)O.CS(=O)(=O)O.Cc1ccc(C(=O)Oc2ccc([C@@H](CN)C(=O)Nc3ccc4cnccc4c3)cc2)c(C)c1. The molecule has 4 aromatic rings. The Morgan fingerprint density at radius 1 is 0.884 bits per heavy atom. The highest BCUT2D eigenvalue weighted by molar-refractivity contribution is 7.85. The smallest absolute Gasteiger partial charge is 0.343 e. The molecule has 0 fully saturated rings. The Morgan fingerprint density at radius 2 is 1.49 bits per heavy atom. The lowest BCUT2D eigenvalue weighted by Crippen LogP contribution is -2.27. The molecule has 0 bridgehead atoms. The van der Waals surface area contributed by atoms with Gasteiger partial charge in [-0.25, -0.2) is 4.79 Å². The molecule has 43 heavy (non-hydrogen) atoms. The number of fused-ring (bicyclic) bond motifs is 1. The van der Waals surface area contributed by atoms with Crippen molar-refractivity contribution in [2.24, 2.45) is 5.73 Å². The Hall–Kier alpha value is -4.21. The Bertz CT molecular complexity index is 1750. The van der Waals surface area contributed by atoms with Gasteiger partial charge >= 0.3 is 5.97 Å². The molecule has 0 saturated heterocycles. The van der Waals surface area contributed by atoms with E-state index in [0.29, 0.717) is 29.5 Å². The molecule has 1 heterocycles. The number of hydrogen-bond donors (Lipinski definition) is 4. The van der Waals surface area contributed by atoms with Gasteiger partial charge < -0.3 is 15.8 Å². The zero-order valence-electron chi connectivity index (χ0n) is 23.9. The van der Waals surface area contributed by atoms with E-state index in [1.807, 2.05) is 50.2 Å². The fraction of sp³-hybridized carbons (Fsp3) is 0.207. The number of nitrogens with two attached hydrogens (primary N) is 1. The van der Waals surface area contributed by atoms with Crippen molar-refractivity contribution in [1.29, 1.82) is 0 Å². The van der Waals surface area contributed by atoms with E-state index in [-0.39, 0.29) is 12.5 Å². The number of anilines is 1. The number of aromatic nitrogens is 1. The van der Waals surface area contributed by atoms with E-state index in [2.05, 4.69) is 10.3 Å². The van der Waals surface area contributed by atoms with Crippen molar-refractivity contribution in [2.45, 2.75) is 19.8 Å². The highest BCUT2D eigenvalue weighted by Crippen LogP contribution is 2.24. The van der Waals surface area contributed by atoms with Crippen molar-refractivity contribution in [3.8, 4) is 5.75 Å². The van der Waals surface area contributed by atoms with Crippen LogP contribution in [-0.4, -0.2) is 61.9 Å². The van der Waals surface area contributed by atoms with E-state index in [1.165, 1.54) is 0 Å². The molecule has 0 radical (unpaired) electrons. The van der Waals surface area contributed by atoms with Gasteiger partial charge in [-0.05, 0) is 66.8 Å². The Labute approximate surface area is 250 Å². The zero-order chi connectivity index (χ0) is 32.4. The summed E-state index contributed by atoms with van der Waals surface area (Å²) in [5, 5.41) is 4.92. The van der Waals surface area contributed by atoms with Crippen LogP contribution in [0.4, 0.5) is 5.69 Å². The summed E-state index contributed by atoms with van der Waals surface area (Å²) >= 11 is 0. The van der Waals surface area contributed by atoms with Gasteiger partial charge in [-0.1, -0.05) is 35.9 Å². The highest BCUT2D eigenvalue weighted by atomic mass is 32.2. The molecule has 0 aliphatic rings. The third-order valence-corrected chi connectivity index (χ3v) is 5.56. The Balaban J connectivity index is 0.000000559. The molecular weight excluding hydrogens is 598 g/mol. The molecule has 5 N–H and O–H groups in total. The number of benzene rings is 3. The fourth-order valence-corrected chi connectivity index (χ4v) is 3.76. The number of carbonyl (C=O) groups excluding carboxylic acids is 2. The van der Waals surface area contributed by atoms with Crippen LogP contribution in [0.2, 0.25) is 0 Å². The number of esters is 1. The molecule has 14 heteroatoms. The maximum atomic E-state index is 12.9. The van der Waals surface area contributed by atoms with Gasteiger partial charge in [0.2, 0.25) is 5.91 Å². The maximum Gasteiger partial charge on any atom is 0.343 e. The quantitative estimate of drug-likeness (QED) is 0.137. The van der Waals surface area contributed by atoms with Crippen LogP contribution in [-0.2, 0) is 25.0 Å². The first-order valence-electron chi connectivity index (χ1n) is 12.5. The van der Waals surface area contributed by atoms with E-state index < -0.39 is 32.1 Å². The molecule has 0 spiro atoms. The predicted octanol–water partition coefficient (Wildman–Crippen LogP) is 3.76. The summed E-state index contributed by atoms with van der Waals surface area (Å²) in [4.78, 5) is 29.5. The topological polar surface area (TPSA) is 203 Å². The second kappa shape index (κ2) is 15.3. The normalized spacial score (nSPS) is 11.7. The minimum atomic E-state index is -3.67. The van der Waals surface area contributed by atoms with E-state index >= 15 is 0 Å². The molecule has 0 aliphatic carbocycles. The minimum absolute atomic E-state index is 0.144. The van der Waals surface area contributed by atoms with Gasteiger partial charge in [0, 0.05) is 30.0 Å². The number of nitrogens with zero attached hydrogens (tertiary/aromatic N) is 1. The summed E-state index contributed by atoms with van der Waals surface area (Å²) in [6, 6.07) is 20.0. The van der Waals surface area contributed by atoms with E-state index in [1.54, 1.807) is 42.7 Å². The maximum absolute atomic E-state index is 12.9. The first kappa shape index (κ1) is 35.0. The number of amides is 1. The number of ether oxygens (including phenoxy) is 1. The van der Waals surface area contributed by atoms with Crippen molar-refractivity contribution >= 4 is 48.6 Å². The van der Waals surface area contributed by atoms with Crippen molar-refractivity contribution in [3.05, 3.63) is 101 Å². The van der Waals surface area contributed by atoms with Crippen molar-refractivity contribution in [1.82, 2.24) is 4.98 Å². The molecule has 1 atom stereocenters. The summed E-state index contributed by atoms with van der Waals surface area (Å²) in [5.74, 6) is -0.754. The number of aryl methyl sites for hydroxylation is 2. The fourth-order valence-electron chi connectivity index (χ4n) is 3.76. The van der Waals surface area contributed by atoms with Crippen LogP contribution >= 0.6 is 0 Å². The number of hydrogen-bond acceptors (Lipinski definition) is 9. The van der Waals surface area contributed by atoms with Gasteiger partial charge in [0.15, 0.2) is 0 Å². The van der Waals surface area contributed by atoms with Crippen LogP contribution in [0.5, 0.6) is 5.75 Å². The molecule has 0 saturated carbocycles. The number of nitrogens with one attached hydrogen (secondary N) is 1. The van der Waals surface area contributed by atoms with Gasteiger partial charge in [-0.2, -0.15) is 16.8 Å². The largest absolute Gasteiger partial charge is 0.423 e. The standard InChI is InChI=1S/C27H25N3O3.2CH4O3S/c1-17-3-10-24(18(2)13-17)27(32)33-23-8-5-19(6-9-23)25(15-28)26(31)30-22-7-4-21-16-29-12-11-20(21)14-22;2*1-5(2,3)4/h3-14,16,25H,15,28H2,1-2H3,(H,30,31);2*1H3,(H,2,3,4)/t25-;;/m1../s1. The molecule has 4 rings (SSSR count). The third kappa shape index (κ3) is 13.1. The lowest BCUT2D eigenvalue weighted by atomic mass is 9.98. The summed E-state index contributed by atoms with van der Waals surface area (Å²) in [5.41, 5.74) is 9.82. The van der Waals surface area contributed by atoms with Gasteiger partial charge in [0.05, 0.1) is 24.0 Å². The lowest BCUT2D eigenvalue weighted by Gasteiger charge is -2.16. The predicted molar refractivity (Wildman–Crippen MR) is 164 cm³/mol. The third-order valence-electron chi connectivity index (χ3n) is 5.56. The molecule has 0 aliphatic heterocycles. The molecule has 3 aromatic carbocycles. The van der Waals surface area contributed by atoms with E-state index in [0.717, 1.165) is 27.5 Å². The number of pyridine rings is 1. The molecule has 12 nitrogen and oxygen atoms in total. The summed E-state index contributed by atoms with van der Waals surface area (Å²) in [6.45, 7) is 4.00. The molecular formula is C29H33N3O9S2. The second-order valence-corrected chi connectivity index (χ2v) is 12.4. The van der Waals surface area contributed by atoms with Crippen molar-refractivity contribution in [3.63, 3.8) is 0 Å². The second-order valence-electron chi connectivity index (χ2n) is 9.46. The number of rotatable bonds is 6. The number of carbonyl (C=O) groups is 2. The van der Waals surface area contributed by atoms with Gasteiger partial charge in [-0.15, -0.1) is 0 Å². The van der Waals surface area contributed by atoms with E-state index in [4.69, 9.17) is 19.6 Å². The van der Waals surface area contributed by atoms with Crippen LogP contribution in [0.25, 0.3) is 10.8 Å². The molecule has 1 amide bonds. The molecule has 230 valence electrons. The highest BCUT2D eigenvalue weighted by Gasteiger charge is 2.20. The van der Waals surface area contributed by atoms with E-state index in [9.17, 15) is 26.4 Å². The van der Waals surface area contributed by atoms with Crippen LogP contribution in [0.1, 0.15) is 33.0 Å². The van der Waals surface area contributed by atoms with Crippen molar-refractivity contribution in [2.75, 3.05) is 24.4 Å². The zero-order valence-corrected chi connectivity index (χ0v) is 25.5. The Kier molecular flexibility index (Phi) is 12.5. The average Bonchev–Trinajstić information content (AvgIpc) is 2.88. The van der Waals surface area contributed by atoms with Crippen molar-refractivity contribution < 1.29 is 40.3 Å². The van der Waals surface area contributed by atoms with Crippen LogP contribution in [0.3, 0.4) is 0 Å². The van der Waals surface area contributed by atoms with Gasteiger partial charge in [0.1, 0.15) is 5.75 Å². The molecule has 1 aromatic heterocycles. The van der Waals surface area contributed by atoms with Crippen LogP contribution in [0, 0.1) is 13.8 Å². The monoisotopic (exact) mass is 631 g/mol. The van der Waals surface area contributed by atoms with Crippen LogP contribution in [0.15, 0.2) is 79.1 Å². The summed E-state index contributed by atoms with van der Waals surface area (Å²) in [6.07, 6.45) is 4.92. The Morgan fingerprint density at radius 3 is 2.05 bits per heavy atom. The first-order valence-corrected chi connectivity index (χ1v) is 16.2. The van der Waals surface area contributed by atoms with Gasteiger partial charge in [-0.3, -0.25) is 18.9 Å². The minimum Gasteiger partial charge on any atom is -0.423 e. The average molecular weight is 632 g/mol. The lowest BCUT2D eigenvalue weighted by molar-refractivity contribution is -0.117. The summed E-state index contributed by atoms with van der Waals surface area (Å²) in [7, 11) is -7.33. The molecule has 0 unspecified atom stereocenters. The first-order chi connectivity index (χ1) is 19.9. The summed E-state index contributed by atoms with van der Waals surface area (Å²) < 4.78 is 57.2.